The predicted octanol–water partition coefficient (Wildman–Crippen LogP) is 4.40. The molecule has 3 aromatic rings. The van der Waals surface area contributed by atoms with Gasteiger partial charge in [0, 0.05) is 18.6 Å². The molecule has 0 N–H and O–H groups in total. The number of aromatic nitrogens is 3. The Kier molecular flexibility index (Phi) is 5.24. The van der Waals surface area contributed by atoms with E-state index in [1.54, 1.807) is 12.1 Å². The summed E-state index contributed by atoms with van der Waals surface area (Å²) in [6.07, 6.45) is 4.19. The third kappa shape index (κ3) is 3.77. The molecule has 9 heteroatoms. The average Bonchev–Trinajstić information content (AvgIpc) is 2.59. The van der Waals surface area contributed by atoms with Crippen LogP contribution in [0.4, 0.5) is 0 Å². The molecule has 5 nitrogen and oxygen atoms in total. The minimum atomic E-state index is -3.92. The summed E-state index contributed by atoms with van der Waals surface area (Å²) >= 11 is 17.9. The van der Waals surface area contributed by atoms with Gasteiger partial charge in [-0.05, 0) is 42.0 Å². The van der Waals surface area contributed by atoms with Crippen molar-refractivity contribution in [3.63, 3.8) is 0 Å². The van der Waals surface area contributed by atoms with Crippen LogP contribution < -0.4 is 0 Å². The van der Waals surface area contributed by atoms with Crippen molar-refractivity contribution in [1.29, 1.82) is 0 Å². The highest BCUT2D eigenvalue weighted by molar-refractivity contribution is 7.91. The minimum Gasteiger partial charge on any atom is -0.265 e. The van der Waals surface area contributed by atoms with Crippen LogP contribution in [0.2, 0.25) is 15.3 Å². The van der Waals surface area contributed by atoms with Crippen LogP contribution >= 0.6 is 34.8 Å². The van der Waals surface area contributed by atoms with Gasteiger partial charge in [0.2, 0.25) is 0 Å². The molecule has 3 aromatic heterocycles. The lowest BCUT2D eigenvalue weighted by molar-refractivity contribution is 0.587. The lowest BCUT2D eigenvalue weighted by atomic mass is 10.1. The predicted molar refractivity (Wildman–Crippen MR) is 96.8 cm³/mol. The fraction of sp³-hybridized carbons (Fsp3) is 0.0625. The highest BCUT2D eigenvalue weighted by Crippen LogP contribution is 2.37. The number of hydrogen-bond donors (Lipinski definition) is 0. The molecular formula is C16H10Cl3N3O2S. The Balaban J connectivity index is 2.25. The first-order valence-corrected chi connectivity index (χ1v) is 9.65. The molecule has 3 heterocycles. The number of hydrogen-bond acceptors (Lipinski definition) is 5. The van der Waals surface area contributed by atoms with Gasteiger partial charge in [0.25, 0.3) is 0 Å². The number of halogens is 3. The monoisotopic (exact) mass is 413 g/mol. The summed E-state index contributed by atoms with van der Waals surface area (Å²) in [5.41, 5.74) is 0.594. The normalized spacial score (nSPS) is 12.8. The van der Waals surface area contributed by atoms with Crippen molar-refractivity contribution < 1.29 is 8.42 Å². The second-order valence-corrected chi connectivity index (χ2v) is 8.24. The van der Waals surface area contributed by atoms with Crippen molar-refractivity contribution in [3.8, 4) is 0 Å². The zero-order chi connectivity index (χ0) is 18.0. The van der Waals surface area contributed by atoms with Crippen LogP contribution in [0.25, 0.3) is 0 Å². The van der Waals surface area contributed by atoms with Gasteiger partial charge in [-0.15, -0.1) is 0 Å². The molecule has 0 saturated heterocycles. The summed E-state index contributed by atoms with van der Waals surface area (Å²) in [4.78, 5) is 11.9. The fourth-order valence-electron chi connectivity index (χ4n) is 2.31. The van der Waals surface area contributed by atoms with Gasteiger partial charge in [-0.25, -0.2) is 18.4 Å². The molecule has 0 aliphatic rings. The van der Waals surface area contributed by atoms with Gasteiger partial charge in [0.15, 0.2) is 9.84 Å². The van der Waals surface area contributed by atoms with E-state index >= 15 is 0 Å². The van der Waals surface area contributed by atoms with Crippen molar-refractivity contribution in [1.82, 2.24) is 15.0 Å². The fourth-order valence-corrected chi connectivity index (χ4v) is 4.57. The van der Waals surface area contributed by atoms with Gasteiger partial charge in [-0.1, -0.05) is 34.8 Å². The second kappa shape index (κ2) is 7.25. The van der Waals surface area contributed by atoms with Crippen molar-refractivity contribution in [3.05, 3.63) is 81.6 Å². The van der Waals surface area contributed by atoms with Gasteiger partial charge in [-0.2, -0.15) is 0 Å². The van der Waals surface area contributed by atoms with Crippen LogP contribution in [0.5, 0.6) is 0 Å². The van der Waals surface area contributed by atoms with E-state index in [2.05, 4.69) is 15.0 Å². The minimum absolute atomic E-state index is 0.00319. The van der Waals surface area contributed by atoms with Gasteiger partial charge in [-0.3, -0.25) is 4.98 Å². The van der Waals surface area contributed by atoms with Crippen LogP contribution in [0.15, 0.2) is 59.9 Å². The number of pyridine rings is 3. The van der Waals surface area contributed by atoms with E-state index in [1.807, 2.05) is 0 Å². The maximum absolute atomic E-state index is 13.3. The van der Waals surface area contributed by atoms with E-state index < -0.39 is 15.1 Å². The summed E-state index contributed by atoms with van der Waals surface area (Å²) in [6, 6.07) is 8.97. The Morgan fingerprint density at radius 3 is 2.20 bits per heavy atom. The second-order valence-electron chi connectivity index (χ2n) is 5.02. The van der Waals surface area contributed by atoms with Gasteiger partial charge < -0.3 is 0 Å². The zero-order valence-corrected chi connectivity index (χ0v) is 15.6. The summed E-state index contributed by atoms with van der Waals surface area (Å²) in [7, 11) is -3.92. The SMILES string of the molecule is O=S(=O)(c1ccc(Cl)nc1)C(c1ccncc1)c1nc(Cl)ccc1Cl. The first kappa shape index (κ1) is 18.1. The lowest BCUT2D eigenvalue weighted by Crippen LogP contribution is -2.17. The summed E-state index contributed by atoms with van der Waals surface area (Å²) in [6.45, 7) is 0. The molecule has 3 rings (SSSR count). The molecule has 128 valence electrons. The molecule has 0 fully saturated rings. The quantitative estimate of drug-likeness (QED) is 0.592. The third-order valence-corrected chi connectivity index (χ3v) is 6.20. The summed E-state index contributed by atoms with van der Waals surface area (Å²) in [5.74, 6) is 0. The average molecular weight is 415 g/mol. The van der Waals surface area contributed by atoms with Crippen LogP contribution in [0.1, 0.15) is 16.5 Å². The maximum atomic E-state index is 13.3. The van der Waals surface area contributed by atoms with Crippen LogP contribution in [0.3, 0.4) is 0 Å². The van der Waals surface area contributed by atoms with Crippen molar-refractivity contribution >= 4 is 44.6 Å². The highest BCUT2D eigenvalue weighted by atomic mass is 35.5. The molecule has 0 saturated carbocycles. The molecule has 0 amide bonds. The first-order valence-electron chi connectivity index (χ1n) is 6.97. The first-order chi connectivity index (χ1) is 11.9. The molecule has 0 bridgehead atoms. The molecule has 0 aliphatic carbocycles. The van der Waals surface area contributed by atoms with E-state index in [9.17, 15) is 8.42 Å². The van der Waals surface area contributed by atoms with Gasteiger partial charge >= 0.3 is 0 Å². The molecule has 0 radical (unpaired) electrons. The Labute approximate surface area is 159 Å². The van der Waals surface area contributed by atoms with E-state index in [0.29, 0.717) is 5.56 Å². The van der Waals surface area contributed by atoms with E-state index in [4.69, 9.17) is 34.8 Å². The molecule has 0 aromatic carbocycles. The topological polar surface area (TPSA) is 72.8 Å². The molecule has 0 spiro atoms. The molecule has 1 unspecified atom stereocenters. The number of sulfone groups is 1. The van der Waals surface area contributed by atoms with Crippen molar-refractivity contribution in [2.45, 2.75) is 10.1 Å². The van der Waals surface area contributed by atoms with E-state index in [1.165, 1.54) is 42.9 Å². The zero-order valence-electron chi connectivity index (χ0n) is 12.5. The summed E-state index contributed by atoms with van der Waals surface area (Å²) in [5, 5.41) is -0.636. The number of rotatable bonds is 4. The molecule has 0 aliphatic heterocycles. The van der Waals surface area contributed by atoms with E-state index in [-0.39, 0.29) is 25.9 Å². The molecule has 1 atom stereocenters. The lowest BCUT2D eigenvalue weighted by Gasteiger charge is -2.19. The largest absolute Gasteiger partial charge is 0.265 e. The molecule has 25 heavy (non-hydrogen) atoms. The van der Waals surface area contributed by atoms with Crippen molar-refractivity contribution in [2.75, 3.05) is 0 Å². The third-order valence-electron chi connectivity index (χ3n) is 3.44. The Morgan fingerprint density at radius 2 is 1.56 bits per heavy atom. The van der Waals surface area contributed by atoms with Crippen LogP contribution in [-0.2, 0) is 9.84 Å². The highest BCUT2D eigenvalue weighted by Gasteiger charge is 2.34. The van der Waals surface area contributed by atoms with Gasteiger partial charge in [0.1, 0.15) is 15.6 Å². The van der Waals surface area contributed by atoms with Crippen molar-refractivity contribution in [2.24, 2.45) is 0 Å². The number of nitrogens with zero attached hydrogens (tertiary/aromatic N) is 3. The maximum Gasteiger partial charge on any atom is 0.192 e. The van der Waals surface area contributed by atoms with Gasteiger partial charge in [0.05, 0.1) is 15.6 Å². The summed E-state index contributed by atoms with van der Waals surface area (Å²) < 4.78 is 26.5. The smallest absolute Gasteiger partial charge is 0.192 e. The van der Waals surface area contributed by atoms with Crippen LogP contribution in [0, 0.1) is 0 Å². The molecular weight excluding hydrogens is 405 g/mol. The van der Waals surface area contributed by atoms with E-state index in [0.717, 1.165) is 0 Å². The Bertz CT molecular complexity index is 997. The Morgan fingerprint density at radius 1 is 0.880 bits per heavy atom. The van der Waals surface area contributed by atoms with Crippen LogP contribution in [-0.4, -0.2) is 23.4 Å². The Hall–Kier alpha value is -1.73. The standard InChI is InChI=1S/C16H10Cl3N3O2S/c17-12-2-4-14(19)22-15(12)16(10-5-7-20-8-6-10)25(23,24)11-1-3-13(18)21-9-11/h1-9,16H.